The van der Waals surface area contributed by atoms with Gasteiger partial charge in [0.15, 0.2) is 5.11 Å². The SMILES string of the molecule is Cc1cc(N2C(=S)NC(c3ccccn3)C2c2cccn2C2CCCC2)ccc1NC(=O)C(C)C. The zero-order valence-electron chi connectivity index (χ0n) is 20.6. The van der Waals surface area contributed by atoms with Gasteiger partial charge in [-0.1, -0.05) is 32.8 Å². The van der Waals surface area contributed by atoms with Crippen LogP contribution in [-0.4, -0.2) is 20.6 Å². The van der Waals surface area contributed by atoms with E-state index in [2.05, 4.69) is 55.5 Å². The van der Waals surface area contributed by atoms with Gasteiger partial charge < -0.3 is 20.1 Å². The second-order valence-corrected chi connectivity index (χ2v) is 10.3. The third kappa shape index (κ3) is 4.57. The van der Waals surface area contributed by atoms with Crippen LogP contribution in [0.4, 0.5) is 11.4 Å². The molecule has 5 rings (SSSR count). The molecule has 6 nitrogen and oxygen atoms in total. The maximum Gasteiger partial charge on any atom is 0.226 e. The summed E-state index contributed by atoms with van der Waals surface area (Å²) in [5.74, 6) is -0.0574. The smallest absolute Gasteiger partial charge is 0.226 e. The molecule has 0 radical (unpaired) electrons. The van der Waals surface area contributed by atoms with Crippen molar-refractivity contribution >= 4 is 34.6 Å². The summed E-state index contributed by atoms with van der Waals surface area (Å²) >= 11 is 5.92. The highest BCUT2D eigenvalue weighted by atomic mass is 32.1. The molecule has 1 aromatic carbocycles. The number of pyridine rings is 1. The molecule has 3 aromatic rings. The molecule has 2 aliphatic rings. The molecule has 1 saturated carbocycles. The number of rotatable bonds is 6. The number of hydrogen-bond donors (Lipinski definition) is 2. The Labute approximate surface area is 212 Å². The quantitative estimate of drug-likeness (QED) is 0.413. The van der Waals surface area contributed by atoms with Crippen LogP contribution < -0.4 is 15.5 Å². The van der Waals surface area contributed by atoms with Crippen LogP contribution >= 0.6 is 12.2 Å². The largest absolute Gasteiger partial charge is 0.351 e. The zero-order valence-corrected chi connectivity index (χ0v) is 21.4. The highest BCUT2D eigenvalue weighted by molar-refractivity contribution is 7.80. The van der Waals surface area contributed by atoms with Crippen molar-refractivity contribution in [2.75, 3.05) is 10.2 Å². The predicted molar refractivity (Wildman–Crippen MR) is 145 cm³/mol. The van der Waals surface area contributed by atoms with E-state index in [9.17, 15) is 4.79 Å². The van der Waals surface area contributed by atoms with Crippen molar-refractivity contribution < 1.29 is 4.79 Å². The van der Waals surface area contributed by atoms with E-state index in [1.54, 1.807) is 0 Å². The fraction of sp³-hybridized carbons (Fsp3) is 0.393. The predicted octanol–water partition coefficient (Wildman–Crippen LogP) is 6.08. The number of nitrogens with one attached hydrogen (secondary N) is 2. The minimum absolute atomic E-state index is 0.0155. The Kier molecular flexibility index (Phi) is 6.60. The van der Waals surface area contributed by atoms with Gasteiger partial charge in [-0.25, -0.2) is 0 Å². The van der Waals surface area contributed by atoms with E-state index in [1.165, 1.54) is 31.4 Å². The topological polar surface area (TPSA) is 62.2 Å². The second kappa shape index (κ2) is 9.82. The summed E-state index contributed by atoms with van der Waals surface area (Å²) in [6, 6.07) is 17.0. The van der Waals surface area contributed by atoms with Crippen molar-refractivity contribution in [2.24, 2.45) is 5.92 Å². The maximum atomic E-state index is 12.3. The third-order valence-electron chi connectivity index (χ3n) is 7.20. The molecule has 1 saturated heterocycles. The monoisotopic (exact) mass is 487 g/mol. The summed E-state index contributed by atoms with van der Waals surface area (Å²) in [4.78, 5) is 19.2. The normalized spacial score (nSPS) is 20.5. The highest BCUT2D eigenvalue weighted by Gasteiger charge is 2.42. The zero-order chi connectivity index (χ0) is 24.5. The number of nitrogens with zero attached hydrogens (tertiary/aromatic N) is 3. The fourth-order valence-corrected chi connectivity index (χ4v) is 5.67. The summed E-state index contributed by atoms with van der Waals surface area (Å²) in [6.45, 7) is 5.82. The lowest BCUT2D eigenvalue weighted by Gasteiger charge is -2.30. The van der Waals surface area contributed by atoms with Crippen molar-refractivity contribution in [3.63, 3.8) is 0 Å². The molecular formula is C28H33N5OS. The molecule has 1 amide bonds. The van der Waals surface area contributed by atoms with Gasteiger partial charge in [0.1, 0.15) is 6.04 Å². The number of hydrogen-bond acceptors (Lipinski definition) is 3. The Balaban J connectivity index is 1.56. The Morgan fingerprint density at radius 2 is 1.94 bits per heavy atom. The van der Waals surface area contributed by atoms with Crippen LogP contribution in [0.5, 0.6) is 0 Å². The molecule has 2 fully saturated rings. The minimum Gasteiger partial charge on any atom is -0.351 e. The van der Waals surface area contributed by atoms with Crippen molar-refractivity contribution in [3.05, 3.63) is 77.9 Å². The number of benzene rings is 1. The average Bonchev–Trinajstić information content (AvgIpc) is 3.60. The first kappa shape index (κ1) is 23.5. The van der Waals surface area contributed by atoms with E-state index >= 15 is 0 Å². The number of carbonyl (C=O) groups is 1. The van der Waals surface area contributed by atoms with E-state index in [1.807, 2.05) is 51.2 Å². The van der Waals surface area contributed by atoms with Gasteiger partial charge in [0.2, 0.25) is 5.91 Å². The molecule has 1 aliphatic carbocycles. The summed E-state index contributed by atoms with van der Waals surface area (Å²) < 4.78 is 2.46. The number of aryl methyl sites for hydroxylation is 1. The Hall–Kier alpha value is -3.19. The van der Waals surface area contributed by atoms with E-state index in [4.69, 9.17) is 12.2 Å². The lowest BCUT2D eigenvalue weighted by molar-refractivity contribution is -0.118. The molecular weight excluding hydrogens is 454 g/mol. The molecule has 2 aromatic heterocycles. The van der Waals surface area contributed by atoms with Crippen LogP contribution in [0.25, 0.3) is 0 Å². The van der Waals surface area contributed by atoms with E-state index in [0.29, 0.717) is 11.2 Å². The molecule has 2 atom stereocenters. The minimum atomic E-state index is -0.0729. The molecule has 3 heterocycles. The lowest BCUT2D eigenvalue weighted by atomic mass is 10.00. The second-order valence-electron chi connectivity index (χ2n) is 9.92. The van der Waals surface area contributed by atoms with Gasteiger partial charge in [0.05, 0.1) is 11.7 Å². The first-order chi connectivity index (χ1) is 16.9. The molecule has 1 aliphatic heterocycles. The maximum absolute atomic E-state index is 12.3. The van der Waals surface area contributed by atoms with Crippen molar-refractivity contribution in [1.82, 2.24) is 14.9 Å². The van der Waals surface area contributed by atoms with Crippen molar-refractivity contribution in [3.8, 4) is 0 Å². The van der Waals surface area contributed by atoms with Gasteiger partial charge in [0, 0.05) is 41.4 Å². The summed E-state index contributed by atoms with van der Waals surface area (Å²) in [5.41, 5.74) is 5.06. The van der Waals surface area contributed by atoms with Crippen molar-refractivity contribution in [1.29, 1.82) is 0 Å². The highest BCUT2D eigenvalue weighted by Crippen LogP contribution is 2.44. The van der Waals surface area contributed by atoms with Crippen LogP contribution in [0.15, 0.2) is 60.9 Å². The van der Waals surface area contributed by atoms with Gasteiger partial charge in [-0.15, -0.1) is 0 Å². The van der Waals surface area contributed by atoms with Gasteiger partial charge >= 0.3 is 0 Å². The van der Waals surface area contributed by atoms with Gasteiger partial charge in [-0.05, 0) is 80.0 Å². The van der Waals surface area contributed by atoms with Crippen LogP contribution in [0, 0.1) is 12.8 Å². The lowest BCUT2D eigenvalue weighted by Crippen LogP contribution is -2.31. The standard InChI is InChI=1S/C28H33N5OS/c1-18(2)27(34)30-22-14-13-21(17-19(22)3)33-26(24-12-8-16-32(24)20-9-4-5-10-20)25(31-28(33)35)23-11-6-7-15-29-23/h6-8,11-18,20,25-26H,4-5,9-10H2,1-3H3,(H,30,34)(H,31,35). The van der Waals surface area contributed by atoms with Crippen LogP contribution in [0.1, 0.15) is 74.6 Å². The first-order valence-corrected chi connectivity index (χ1v) is 12.9. The van der Waals surface area contributed by atoms with Gasteiger partial charge in [-0.2, -0.15) is 0 Å². The van der Waals surface area contributed by atoms with Crippen LogP contribution in [0.3, 0.4) is 0 Å². The summed E-state index contributed by atoms with van der Waals surface area (Å²) in [6.07, 6.45) is 9.04. The summed E-state index contributed by atoms with van der Waals surface area (Å²) in [7, 11) is 0. The molecule has 0 bridgehead atoms. The molecule has 0 spiro atoms. The van der Waals surface area contributed by atoms with Crippen LogP contribution in [0.2, 0.25) is 0 Å². The summed E-state index contributed by atoms with van der Waals surface area (Å²) in [5, 5.41) is 7.29. The number of amides is 1. The molecule has 7 heteroatoms. The average molecular weight is 488 g/mol. The van der Waals surface area contributed by atoms with E-state index in [-0.39, 0.29) is 23.9 Å². The fourth-order valence-electron chi connectivity index (χ4n) is 5.32. The van der Waals surface area contributed by atoms with Crippen LogP contribution in [-0.2, 0) is 4.79 Å². The molecule has 2 N–H and O–H groups in total. The Morgan fingerprint density at radius 3 is 2.63 bits per heavy atom. The molecule has 2 unspecified atom stereocenters. The Morgan fingerprint density at radius 1 is 1.14 bits per heavy atom. The number of thiocarbonyl (C=S) groups is 1. The van der Waals surface area contributed by atoms with Gasteiger partial charge in [0.25, 0.3) is 0 Å². The number of carbonyl (C=O) groups excluding carboxylic acids is 1. The van der Waals surface area contributed by atoms with E-state index < -0.39 is 0 Å². The Bertz CT molecular complexity index is 1220. The molecule has 182 valence electrons. The third-order valence-corrected chi connectivity index (χ3v) is 7.52. The first-order valence-electron chi connectivity index (χ1n) is 12.5. The number of aromatic nitrogens is 2. The van der Waals surface area contributed by atoms with E-state index in [0.717, 1.165) is 22.6 Å². The molecule has 35 heavy (non-hydrogen) atoms. The van der Waals surface area contributed by atoms with Gasteiger partial charge in [-0.3, -0.25) is 9.78 Å². The van der Waals surface area contributed by atoms with Crippen molar-refractivity contribution in [2.45, 2.75) is 64.6 Å². The number of anilines is 2.